The SMILES string of the molecule is Cc1ccc2nc(C)cc(C(=O)NOCc3ccccc3)c2c1. The summed E-state index contributed by atoms with van der Waals surface area (Å²) in [6.07, 6.45) is 0. The molecule has 1 aromatic heterocycles. The lowest BCUT2D eigenvalue weighted by Gasteiger charge is -2.10. The Morgan fingerprint density at radius 2 is 1.87 bits per heavy atom. The molecule has 1 amide bonds. The molecule has 0 aliphatic carbocycles. The lowest BCUT2D eigenvalue weighted by Crippen LogP contribution is -2.24. The van der Waals surface area contributed by atoms with Crippen LogP contribution in [0.3, 0.4) is 0 Å². The third kappa shape index (κ3) is 3.55. The van der Waals surface area contributed by atoms with Crippen LogP contribution in [0.5, 0.6) is 0 Å². The van der Waals surface area contributed by atoms with Crippen LogP contribution >= 0.6 is 0 Å². The van der Waals surface area contributed by atoms with Crippen molar-refractivity contribution in [1.29, 1.82) is 0 Å². The second kappa shape index (κ2) is 6.58. The summed E-state index contributed by atoms with van der Waals surface area (Å²) in [5.41, 5.74) is 6.79. The number of rotatable bonds is 4. The zero-order valence-electron chi connectivity index (χ0n) is 13.2. The van der Waals surface area contributed by atoms with Crippen molar-refractivity contribution in [3.63, 3.8) is 0 Å². The van der Waals surface area contributed by atoms with E-state index < -0.39 is 0 Å². The summed E-state index contributed by atoms with van der Waals surface area (Å²) in [6, 6.07) is 17.4. The number of carbonyl (C=O) groups excluding carboxylic acids is 1. The van der Waals surface area contributed by atoms with Crippen molar-refractivity contribution in [2.45, 2.75) is 20.5 Å². The van der Waals surface area contributed by atoms with Crippen molar-refractivity contribution in [2.24, 2.45) is 0 Å². The molecule has 1 heterocycles. The van der Waals surface area contributed by atoms with Crippen LogP contribution in [0.4, 0.5) is 0 Å². The fourth-order valence-corrected chi connectivity index (χ4v) is 2.47. The molecule has 0 spiro atoms. The van der Waals surface area contributed by atoms with Gasteiger partial charge in [0.25, 0.3) is 5.91 Å². The molecule has 1 N–H and O–H groups in total. The summed E-state index contributed by atoms with van der Waals surface area (Å²) in [5, 5.41) is 0.830. The number of aromatic nitrogens is 1. The van der Waals surface area contributed by atoms with Gasteiger partial charge in [-0.25, -0.2) is 5.48 Å². The van der Waals surface area contributed by atoms with Gasteiger partial charge in [0.1, 0.15) is 0 Å². The molecule has 0 aliphatic rings. The molecule has 3 aromatic rings. The highest BCUT2D eigenvalue weighted by atomic mass is 16.6. The van der Waals surface area contributed by atoms with E-state index in [1.165, 1.54) is 0 Å². The van der Waals surface area contributed by atoms with Crippen LogP contribution in [0, 0.1) is 13.8 Å². The van der Waals surface area contributed by atoms with Crippen molar-refractivity contribution in [3.05, 3.63) is 77.0 Å². The van der Waals surface area contributed by atoms with Crippen LogP contribution in [0.25, 0.3) is 10.9 Å². The van der Waals surface area contributed by atoms with Gasteiger partial charge in [-0.3, -0.25) is 14.6 Å². The smallest absolute Gasteiger partial charge is 0.269 e. The molecule has 4 nitrogen and oxygen atoms in total. The van der Waals surface area contributed by atoms with Crippen LogP contribution in [0.1, 0.15) is 27.2 Å². The molecule has 4 heteroatoms. The Balaban J connectivity index is 1.79. The Bertz CT molecular complexity index is 845. The number of fused-ring (bicyclic) bond motifs is 1. The summed E-state index contributed by atoms with van der Waals surface area (Å²) in [6.45, 7) is 4.20. The van der Waals surface area contributed by atoms with Crippen molar-refractivity contribution in [2.75, 3.05) is 0 Å². The molecular formula is C19H18N2O2. The van der Waals surface area contributed by atoms with Gasteiger partial charge in [-0.15, -0.1) is 0 Å². The number of pyridine rings is 1. The first kappa shape index (κ1) is 15.2. The van der Waals surface area contributed by atoms with Gasteiger partial charge in [0.15, 0.2) is 0 Å². The number of nitrogens with one attached hydrogen (secondary N) is 1. The summed E-state index contributed by atoms with van der Waals surface area (Å²) in [7, 11) is 0. The molecule has 0 atom stereocenters. The Hall–Kier alpha value is -2.72. The average molecular weight is 306 g/mol. The standard InChI is InChI=1S/C19H18N2O2/c1-13-8-9-18-16(10-13)17(11-14(2)20-18)19(22)21-23-12-15-6-4-3-5-7-15/h3-11H,12H2,1-2H3,(H,21,22). The fourth-order valence-electron chi connectivity index (χ4n) is 2.47. The van der Waals surface area contributed by atoms with Crippen molar-refractivity contribution >= 4 is 16.8 Å². The van der Waals surface area contributed by atoms with Gasteiger partial charge >= 0.3 is 0 Å². The number of hydroxylamine groups is 1. The van der Waals surface area contributed by atoms with E-state index in [9.17, 15) is 4.79 Å². The molecule has 0 radical (unpaired) electrons. The largest absolute Gasteiger partial charge is 0.275 e. The maximum Gasteiger partial charge on any atom is 0.275 e. The van der Waals surface area contributed by atoms with E-state index in [-0.39, 0.29) is 5.91 Å². The molecule has 0 bridgehead atoms. The molecule has 23 heavy (non-hydrogen) atoms. The molecule has 3 rings (SSSR count). The van der Waals surface area contributed by atoms with Crippen LogP contribution in [-0.4, -0.2) is 10.9 Å². The van der Waals surface area contributed by atoms with Crippen LogP contribution in [0.15, 0.2) is 54.6 Å². The summed E-state index contributed by atoms with van der Waals surface area (Å²) in [4.78, 5) is 22.3. The van der Waals surface area contributed by atoms with Crippen LogP contribution < -0.4 is 5.48 Å². The van der Waals surface area contributed by atoms with Crippen LogP contribution in [0.2, 0.25) is 0 Å². The average Bonchev–Trinajstić information content (AvgIpc) is 2.55. The number of hydrogen-bond donors (Lipinski definition) is 1. The topological polar surface area (TPSA) is 51.2 Å². The fraction of sp³-hybridized carbons (Fsp3) is 0.158. The van der Waals surface area contributed by atoms with E-state index in [2.05, 4.69) is 10.5 Å². The van der Waals surface area contributed by atoms with E-state index >= 15 is 0 Å². The minimum atomic E-state index is -0.262. The number of aryl methyl sites for hydroxylation is 2. The van der Waals surface area contributed by atoms with Gasteiger partial charge in [-0.2, -0.15) is 0 Å². The summed E-state index contributed by atoms with van der Waals surface area (Å²) in [5.74, 6) is -0.262. The number of nitrogens with zero attached hydrogens (tertiary/aromatic N) is 1. The molecule has 116 valence electrons. The first-order valence-electron chi connectivity index (χ1n) is 7.47. The minimum Gasteiger partial charge on any atom is -0.269 e. The van der Waals surface area contributed by atoms with E-state index in [0.29, 0.717) is 12.2 Å². The normalized spacial score (nSPS) is 10.7. The molecule has 0 saturated carbocycles. The van der Waals surface area contributed by atoms with Crippen LogP contribution in [-0.2, 0) is 11.4 Å². The number of benzene rings is 2. The Labute approximate surface area is 135 Å². The third-order valence-electron chi connectivity index (χ3n) is 3.58. The number of hydrogen-bond acceptors (Lipinski definition) is 3. The molecule has 2 aromatic carbocycles. The van der Waals surface area contributed by atoms with Gasteiger partial charge in [0.2, 0.25) is 0 Å². The van der Waals surface area contributed by atoms with E-state index in [1.807, 2.05) is 62.4 Å². The highest BCUT2D eigenvalue weighted by Gasteiger charge is 2.12. The van der Waals surface area contributed by atoms with Gasteiger partial charge in [0.05, 0.1) is 17.7 Å². The maximum absolute atomic E-state index is 12.4. The molecule has 0 saturated heterocycles. The quantitative estimate of drug-likeness (QED) is 0.748. The predicted octanol–water partition coefficient (Wildman–Crippen LogP) is 3.71. The Morgan fingerprint density at radius 1 is 1.09 bits per heavy atom. The Kier molecular flexibility index (Phi) is 4.35. The highest BCUT2D eigenvalue weighted by molar-refractivity contribution is 6.06. The molecule has 0 unspecified atom stereocenters. The second-order valence-electron chi connectivity index (χ2n) is 5.54. The second-order valence-corrected chi connectivity index (χ2v) is 5.54. The number of amides is 1. The summed E-state index contributed by atoms with van der Waals surface area (Å²) < 4.78 is 0. The van der Waals surface area contributed by atoms with Crippen molar-refractivity contribution in [3.8, 4) is 0 Å². The molecule has 0 aliphatic heterocycles. The monoisotopic (exact) mass is 306 g/mol. The van der Waals surface area contributed by atoms with Gasteiger partial charge in [-0.05, 0) is 37.6 Å². The third-order valence-corrected chi connectivity index (χ3v) is 3.58. The highest BCUT2D eigenvalue weighted by Crippen LogP contribution is 2.20. The predicted molar refractivity (Wildman–Crippen MR) is 89.9 cm³/mol. The van der Waals surface area contributed by atoms with Gasteiger partial charge in [-0.1, -0.05) is 42.0 Å². The van der Waals surface area contributed by atoms with E-state index in [4.69, 9.17) is 4.84 Å². The molecular weight excluding hydrogens is 288 g/mol. The maximum atomic E-state index is 12.4. The lowest BCUT2D eigenvalue weighted by atomic mass is 10.1. The van der Waals surface area contributed by atoms with Gasteiger partial charge < -0.3 is 0 Å². The zero-order chi connectivity index (χ0) is 16.2. The molecule has 0 fully saturated rings. The zero-order valence-corrected chi connectivity index (χ0v) is 13.2. The first-order chi connectivity index (χ1) is 11.1. The van der Waals surface area contributed by atoms with Crippen molar-refractivity contribution < 1.29 is 9.63 Å². The lowest BCUT2D eigenvalue weighted by molar-refractivity contribution is 0.0235. The van der Waals surface area contributed by atoms with E-state index in [1.54, 1.807) is 6.07 Å². The number of carbonyl (C=O) groups is 1. The minimum absolute atomic E-state index is 0.262. The Morgan fingerprint density at radius 3 is 2.65 bits per heavy atom. The first-order valence-corrected chi connectivity index (χ1v) is 7.47. The summed E-state index contributed by atoms with van der Waals surface area (Å²) >= 11 is 0. The van der Waals surface area contributed by atoms with Crippen molar-refractivity contribution in [1.82, 2.24) is 10.5 Å². The van der Waals surface area contributed by atoms with Gasteiger partial charge in [0, 0.05) is 11.1 Å². The van der Waals surface area contributed by atoms with E-state index in [0.717, 1.165) is 27.7 Å².